The van der Waals surface area contributed by atoms with Gasteiger partial charge in [0.25, 0.3) is 0 Å². The standard InChI is InChI=1S/C17H15ClN2O3/c1-9-3-4-11(13(18)5-9)10-6-12(17(22)23-2)16-14(7-10)19-15(8-21)20-16/h3-7,21H,8H2,1-2H3,(H,19,20). The van der Waals surface area contributed by atoms with Crippen molar-refractivity contribution in [2.45, 2.75) is 13.5 Å². The number of halogens is 1. The van der Waals surface area contributed by atoms with Crippen LogP contribution in [0.15, 0.2) is 30.3 Å². The average molecular weight is 331 g/mol. The number of hydrogen-bond donors (Lipinski definition) is 2. The maximum atomic E-state index is 12.1. The molecule has 0 aliphatic carbocycles. The van der Waals surface area contributed by atoms with E-state index in [1.807, 2.05) is 31.2 Å². The Morgan fingerprint density at radius 1 is 1.35 bits per heavy atom. The quantitative estimate of drug-likeness (QED) is 0.721. The Bertz CT molecular complexity index is 902. The molecule has 2 N–H and O–H groups in total. The van der Waals surface area contributed by atoms with Crippen LogP contribution >= 0.6 is 11.6 Å². The molecule has 1 aromatic heterocycles. The van der Waals surface area contributed by atoms with E-state index >= 15 is 0 Å². The molecule has 2 aromatic carbocycles. The molecule has 5 nitrogen and oxygen atoms in total. The van der Waals surface area contributed by atoms with Gasteiger partial charge in [-0.3, -0.25) is 0 Å². The summed E-state index contributed by atoms with van der Waals surface area (Å²) >= 11 is 6.33. The number of benzene rings is 2. The number of methoxy groups -OCH3 is 1. The van der Waals surface area contributed by atoms with Crippen LogP contribution in [0.2, 0.25) is 5.02 Å². The summed E-state index contributed by atoms with van der Waals surface area (Å²) in [5, 5.41) is 9.85. The van der Waals surface area contributed by atoms with Gasteiger partial charge in [0.2, 0.25) is 0 Å². The monoisotopic (exact) mass is 330 g/mol. The first-order valence-electron chi connectivity index (χ1n) is 7.02. The van der Waals surface area contributed by atoms with E-state index in [2.05, 4.69) is 9.97 Å². The normalized spacial score (nSPS) is 11.0. The maximum Gasteiger partial charge on any atom is 0.340 e. The maximum absolute atomic E-state index is 12.1. The number of fused-ring (bicyclic) bond motifs is 1. The highest BCUT2D eigenvalue weighted by atomic mass is 35.5. The molecule has 118 valence electrons. The van der Waals surface area contributed by atoms with Crippen molar-refractivity contribution in [3.63, 3.8) is 0 Å². The fraction of sp³-hybridized carbons (Fsp3) is 0.176. The van der Waals surface area contributed by atoms with E-state index in [9.17, 15) is 9.90 Å². The number of aliphatic hydroxyl groups excluding tert-OH is 1. The van der Waals surface area contributed by atoms with Crippen LogP contribution in [0.5, 0.6) is 0 Å². The topological polar surface area (TPSA) is 75.2 Å². The summed E-state index contributed by atoms with van der Waals surface area (Å²) in [6, 6.07) is 9.28. The van der Waals surface area contributed by atoms with E-state index in [0.717, 1.165) is 16.7 Å². The fourth-order valence-corrected chi connectivity index (χ4v) is 2.86. The Kier molecular flexibility index (Phi) is 4.07. The molecule has 0 fully saturated rings. The van der Waals surface area contributed by atoms with Gasteiger partial charge in [-0.25, -0.2) is 9.78 Å². The van der Waals surface area contributed by atoms with Gasteiger partial charge < -0.3 is 14.8 Å². The lowest BCUT2D eigenvalue weighted by atomic mass is 10.0. The van der Waals surface area contributed by atoms with Crippen molar-refractivity contribution in [2.75, 3.05) is 7.11 Å². The third-order valence-corrected chi connectivity index (χ3v) is 3.94. The third kappa shape index (κ3) is 2.81. The Morgan fingerprint density at radius 3 is 2.78 bits per heavy atom. The summed E-state index contributed by atoms with van der Waals surface area (Å²) in [6.07, 6.45) is 0. The molecule has 0 aliphatic heterocycles. The second kappa shape index (κ2) is 6.02. The molecule has 3 aromatic rings. The third-order valence-electron chi connectivity index (χ3n) is 3.63. The number of imidazole rings is 1. The molecule has 1 heterocycles. The minimum absolute atomic E-state index is 0.240. The fourth-order valence-electron chi connectivity index (χ4n) is 2.52. The molecule has 0 unspecified atom stereocenters. The largest absolute Gasteiger partial charge is 0.465 e. The van der Waals surface area contributed by atoms with Gasteiger partial charge in [-0.15, -0.1) is 0 Å². The number of aromatic amines is 1. The van der Waals surface area contributed by atoms with Crippen molar-refractivity contribution in [3.8, 4) is 11.1 Å². The molecule has 0 atom stereocenters. The number of aromatic nitrogens is 2. The first-order valence-corrected chi connectivity index (χ1v) is 7.39. The summed E-state index contributed by atoms with van der Waals surface area (Å²) < 4.78 is 4.84. The van der Waals surface area contributed by atoms with Gasteiger partial charge in [0.1, 0.15) is 17.9 Å². The van der Waals surface area contributed by atoms with Gasteiger partial charge >= 0.3 is 5.97 Å². The van der Waals surface area contributed by atoms with Crippen LogP contribution in [-0.2, 0) is 11.3 Å². The molecule has 6 heteroatoms. The Morgan fingerprint density at radius 2 is 2.13 bits per heavy atom. The summed E-state index contributed by atoms with van der Waals surface area (Å²) in [7, 11) is 1.32. The lowest BCUT2D eigenvalue weighted by molar-refractivity contribution is 0.0603. The SMILES string of the molecule is COC(=O)c1cc(-c2ccc(C)cc2Cl)cc2[nH]c(CO)nc12. The van der Waals surface area contributed by atoms with Gasteiger partial charge in [0, 0.05) is 10.6 Å². The summed E-state index contributed by atoms with van der Waals surface area (Å²) in [5.74, 6) is -0.103. The number of aliphatic hydroxyl groups is 1. The molecular weight excluding hydrogens is 316 g/mol. The van der Waals surface area contributed by atoms with Crippen LogP contribution in [-0.4, -0.2) is 28.2 Å². The van der Waals surface area contributed by atoms with Crippen molar-refractivity contribution in [3.05, 3.63) is 52.3 Å². The summed E-state index contributed by atoms with van der Waals surface area (Å²) in [5.41, 5.74) is 4.07. The van der Waals surface area contributed by atoms with Gasteiger partial charge in [-0.1, -0.05) is 23.7 Å². The number of esters is 1. The number of aryl methyl sites for hydroxylation is 1. The Hall–Kier alpha value is -2.37. The first-order chi connectivity index (χ1) is 11.0. The smallest absolute Gasteiger partial charge is 0.340 e. The van der Waals surface area contributed by atoms with E-state index in [-0.39, 0.29) is 6.61 Å². The predicted molar refractivity (Wildman–Crippen MR) is 88.5 cm³/mol. The second-order valence-electron chi connectivity index (χ2n) is 5.24. The van der Waals surface area contributed by atoms with E-state index in [4.69, 9.17) is 16.3 Å². The number of ether oxygens (including phenoxy) is 1. The highest BCUT2D eigenvalue weighted by Gasteiger charge is 2.17. The number of hydrogen-bond acceptors (Lipinski definition) is 4. The van der Waals surface area contributed by atoms with Crippen molar-refractivity contribution in [2.24, 2.45) is 0 Å². The van der Waals surface area contributed by atoms with Gasteiger partial charge in [-0.05, 0) is 36.2 Å². The number of carbonyl (C=O) groups is 1. The lowest BCUT2D eigenvalue weighted by Crippen LogP contribution is -2.03. The summed E-state index contributed by atoms with van der Waals surface area (Å²) in [6.45, 7) is 1.72. The Balaban J connectivity index is 2.27. The van der Waals surface area contributed by atoms with Gasteiger partial charge in [0.05, 0.1) is 18.2 Å². The molecule has 23 heavy (non-hydrogen) atoms. The lowest BCUT2D eigenvalue weighted by Gasteiger charge is -2.08. The number of nitrogens with zero attached hydrogens (tertiary/aromatic N) is 1. The molecule has 0 radical (unpaired) electrons. The molecular formula is C17H15ClN2O3. The number of rotatable bonds is 3. The van der Waals surface area contributed by atoms with Crippen LogP contribution in [0, 0.1) is 6.92 Å². The van der Waals surface area contributed by atoms with Crippen LogP contribution in [0.3, 0.4) is 0 Å². The van der Waals surface area contributed by atoms with E-state index in [1.54, 1.807) is 6.07 Å². The van der Waals surface area contributed by atoms with E-state index in [0.29, 0.717) is 27.4 Å². The second-order valence-corrected chi connectivity index (χ2v) is 5.64. The zero-order valence-corrected chi connectivity index (χ0v) is 13.4. The highest BCUT2D eigenvalue weighted by molar-refractivity contribution is 6.33. The van der Waals surface area contributed by atoms with Crippen LogP contribution in [0.1, 0.15) is 21.7 Å². The van der Waals surface area contributed by atoms with E-state index < -0.39 is 5.97 Å². The zero-order valence-electron chi connectivity index (χ0n) is 12.7. The van der Waals surface area contributed by atoms with Crippen LogP contribution in [0.25, 0.3) is 22.2 Å². The van der Waals surface area contributed by atoms with E-state index in [1.165, 1.54) is 7.11 Å². The van der Waals surface area contributed by atoms with Crippen molar-refractivity contribution in [1.82, 2.24) is 9.97 Å². The first kappa shape index (κ1) is 15.5. The molecule has 0 aliphatic rings. The average Bonchev–Trinajstić information content (AvgIpc) is 2.96. The van der Waals surface area contributed by atoms with Crippen molar-refractivity contribution in [1.29, 1.82) is 0 Å². The number of carbonyl (C=O) groups excluding carboxylic acids is 1. The predicted octanol–water partition coefficient (Wildman–Crippen LogP) is 3.47. The zero-order chi connectivity index (χ0) is 16.6. The van der Waals surface area contributed by atoms with Crippen LogP contribution in [0.4, 0.5) is 0 Å². The molecule has 0 spiro atoms. The molecule has 0 saturated carbocycles. The van der Waals surface area contributed by atoms with Gasteiger partial charge in [-0.2, -0.15) is 0 Å². The minimum atomic E-state index is -0.490. The highest BCUT2D eigenvalue weighted by Crippen LogP contribution is 2.32. The molecule has 0 bridgehead atoms. The van der Waals surface area contributed by atoms with Gasteiger partial charge in [0.15, 0.2) is 0 Å². The van der Waals surface area contributed by atoms with Crippen molar-refractivity contribution < 1.29 is 14.6 Å². The number of H-pyrrole nitrogens is 1. The molecule has 0 amide bonds. The minimum Gasteiger partial charge on any atom is -0.465 e. The number of nitrogens with one attached hydrogen (secondary N) is 1. The Labute approximate surface area is 137 Å². The van der Waals surface area contributed by atoms with Crippen LogP contribution < -0.4 is 0 Å². The molecule has 0 saturated heterocycles. The van der Waals surface area contributed by atoms with Crippen molar-refractivity contribution >= 4 is 28.6 Å². The summed E-state index contributed by atoms with van der Waals surface area (Å²) in [4.78, 5) is 19.3. The molecule has 3 rings (SSSR count).